The fourth-order valence-electron chi connectivity index (χ4n) is 3.69. The first-order valence-electron chi connectivity index (χ1n) is 14.8. The number of nitrogens with one attached hydrogen (secondary N) is 1. The summed E-state index contributed by atoms with van der Waals surface area (Å²) in [6.07, 6.45) is 7.63. The standard InChI is InChI=1S/C13H15N4OP.C10H12O2.C5H12N4.C5H11NO/c1-9(16)17-8-12(7-15)10-3-4-11(6-14)13(5-10)18-19-2;1-7-6-9(8(2)11)4-5-10(7)12-3;1-3-4-9(2)5-7-8-6;6-5-1-3-7-4-2-5/h3-5,7-8,19H,1,15-16H2,2H3;4-6H,1-3H3;5-6H,3-4H2,1-2H3;5H,1-4,6H2/b12-7+,17-8-;;7-5-,8-6?;. The molecule has 1 aliphatic heterocycles. The van der Waals surface area contributed by atoms with E-state index in [1.54, 1.807) is 38.3 Å². The summed E-state index contributed by atoms with van der Waals surface area (Å²) in [7, 11) is 3.77. The molecule has 1 heterocycles. The summed E-state index contributed by atoms with van der Waals surface area (Å²) in [5.41, 5.74) is 26.5. The highest BCUT2D eigenvalue weighted by Crippen LogP contribution is 2.27. The molecular formula is C33H50N9O4P. The molecule has 3 rings (SSSR count). The Hall–Kier alpha value is -4.63. The van der Waals surface area contributed by atoms with Crippen molar-refractivity contribution in [2.45, 2.75) is 46.1 Å². The first kappa shape index (κ1) is 42.4. The smallest absolute Gasteiger partial charge is 0.159 e. The summed E-state index contributed by atoms with van der Waals surface area (Å²) < 4.78 is 15.6. The Morgan fingerprint density at radius 3 is 2.34 bits per heavy atom. The molecule has 2 aromatic carbocycles. The van der Waals surface area contributed by atoms with Crippen LogP contribution >= 0.6 is 8.81 Å². The summed E-state index contributed by atoms with van der Waals surface area (Å²) in [6.45, 7) is 13.6. The van der Waals surface area contributed by atoms with Crippen LogP contribution in [-0.4, -0.2) is 69.9 Å². The number of methoxy groups -OCH3 is 1. The molecule has 256 valence electrons. The third-order valence-electron chi connectivity index (χ3n) is 6.15. The van der Waals surface area contributed by atoms with Crippen molar-refractivity contribution in [1.82, 2.24) is 4.90 Å². The van der Waals surface area contributed by atoms with E-state index in [0.717, 1.165) is 61.5 Å². The molecule has 13 nitrogen and oxygen atoms in total. The number of Topliss-reactive ketones (excluding diaryl/α,β-unsaturated/α-hetero) is 1. The quantitative estimate of drug-likeness (QED) is 0.0586. The largest absolute Gasteiger partial charge is 0.496 e. The number of ketones is 1. The SMILES string of the molecule is C=C(N)/N=C\C(=C/N)c1ccc(C#N)c(OPC)c1.CCCN(C)/C=N\N=N.COc1ccc(C(C)=O)cc1C.NC1CCOCC1. The van der Waals surface area contributed by atoms with E-state index in [1.807, 2.05) is 37.7 Å². The Labute approximate surface area is 280 Å². The zero-order valence-electron chi connectivity index (χ0n) is 28.3. The number of hydrogen-bond donors (Lipinski definition) is 4. The Bertz CT molecular complexity index is 1380. The monoisotopic (exact) mass is 667 g/mol. The van der Waals surface area contributed by atoms with Gasteiger partial charge in [0, 0.05) is 56.4 Å². The van der Waals surface area contributed by atoms with Gasteiger partial charge in [-0.15, -0.1) is 5.10 Å². The summed E-state index contributed by atoms with van der Waals surface area (Å²) in [5, 5.41) is 15.2. The first-order valence-corrected chi connectivity index (χ1v) is 16.3. The van der Waals surface area contributed by atoms with E-state index in [9.17, 15) is 4.79 Å². The molecule has 0 aliphatic carbocycles. The number of rotatable bonds is 11. The molecule has 0 spiro atoms. The number of carbonyl (C=O) groups excluding carboxylic acids is 1. The van der Waals surface area contributed by atoms with Crippen molar-refractivity contribution < 1.29 is 18.8 Å². The zero-order valence-corrected chi connectivity index (χ0v) is 29.3. The number of aliphatic imine (C=N–C) groups is 1. The van der Waals surface area contributed by atoms with Gasteiger partial charge in [-0.1, -0.05) is 24.8 Å². The summed E-state index contributed by atoms with van der Waals surface area (Å²) in [6, 6.07) is 13.1. The number of benzene rings is 2. The lowest BCUT2D eigenvalue weighted by Crippen LogP contribution is -2.28. The fraction of sp³-hybridized carbons (Fsp3) is 0.394. The molecule has 1 atom stereocenters. The maximum Gasteiger partial charge on any atom is 0.159 e. The van der Waals surface area contributed by atoms with Crippen molar-refractivity contribution in [1.29, 1.82) is 10.8 Å². The minimum absolute atomic E-state index is 0.0840. The van der Waals surface area contributed by atoms with Crippen LogP contribution in [0.1, 0.15) is 60.2 Å². The van der Waals surface area contributed by atoms with E-state index in [-0.39, 0.29) is 20.4 Å². The van der Waals surface area contributed by atoms with Crippen molar-refractivity contribution in [3.05, 3.63) is 77.3 Å². The Balaban J connectivity index is 0.000000647. The highest BCUT2D eigenvalue weighted by Gasteiger charge is 2.08. The molecule has 14 heteroatoms. The van der Waals surface area contributed by atoms with Gasteiger partial charge in [-0.25, -0.2) is 4.99 Å². The molecule has 1 unspecified atom stereocenters. The van der Waals surface area contributed by atoms with Crippen molar-refractivity contribution in [3.63, 3.8) is 0 Å². The topological polar surface area (TPSA) is 211 Å². The van der Waals surface area contributed by atoms with Gasteiger partial charge in [0.25, 0.3) is 0 Å². The molecule has 0 aromatic heterocycles. The lowest BCUT2D eigenvalue weighted by molar-refractivity contribution is 0.0866. The molecule has 0 amide bonds. The Morgan fingerprint density at radius 2 is 1.89 bits per heavy atom. The summed E-state index contributed by atoms with van der Waals surface area (Å²) in [5.74, 6) is 1.63. The second-order valence-electron chi connectivity index (χ2n) is 10.0. The van der Waals surface area contributed by atoms with Crippen molar-refractivity contribution in [2.75, 3.05) is 40.6 Å². The van der Waals surface area contributed by atoms with Crippen LogP contribution in [0.25, 0.3) is 5.57 Å². The third-order valence-corrected chi connectivity index (χ3v) is 6.57. The molecule has 7 N–H and O–H groups in total. The van der Waals surface area contributed by atoms with Crippen LogP contribution < -0.4 is 26.5 Å². The molecule has 1 fully saturated rings. The number of aryl methyl sites for hydroxylation is 1. The summed E-state index contributed by atoms with van der Waals surface area (Å²) >= 11 is 0. The second-order valence-corrected chi connectivity index (χ2v) is 10.6. The van der Waals surface area contributed by atoms with E-state index < -0.39 is 0 Å². The predicted octanol–water partition coefficient (Wildman–Crippen LogP) is 5.59. The van der Waals surface area contributed by atoms with Crippen molar-refractivity contribution >= 4 is 32.7 Å². The number of nitrogens with two attached hydrogens (primary N) is 3. The van der Waals surface area contributed by atoms with Crippen molar-refractivity contribution in [2.24, 2.45) is 32.5 Å². The van der Waals surface area contributed by atoms with E-state index in [4.69, 9.17) is 42.0 Å². The van der Waals surface area contributed by atoms with Gasteiger partial charge in [0.2, 0.25) is 0 Å². The highest BCUT2D eigenvalue weighted by molar-refractivity contribution is 7.31. The maximum absolute atomic E-state index is 11.0. The predicted molar refractivity (Wildman–Crippen MR) is 192 cm³/mol. The van der Waals surface area contributed by atoms with Crippen LogP contribution in [0.3, 0.4) is 0 Å². The van der Waals surface area contributed by atoms with E-state index in [2.05, 4.69) is 34.9 Å². The molecule has 1 aliphatic rings. The lowest BCUT2D eigenvalue weighted by Gasteiger charge is -2.16. The Morgan fingerprint density at radius 1 is 1.23 bits per heavy atom. The molecular weight excluding hydrogens is 617 g/mol. The van der Waals surface area contributed by atoms with Gasteiger partial charge in [-0.05, 0) is 81.2 Å². The van der Waals surface area contributed by atoms with Crippen LogP contribution in [0.15, 0.2) is 70.3 Å². The number of nitrogens with zero attached hydrogens (tertiary/aromatic N) is 5. The van der Waals surface area contributed by atoms with Gasteiger partial charge in [0.1, 0.15) is 29.7 Å². The number of nitriles is 1. The minimum Gasteiger partial charge on any atom is -0.496 e. The molecule has 0 bridgehead atoms. The van der Waals surface area contributed by atoms with Gasteiger partial charge in [-0.2, -0.15) is 10.8 Å². The number of carbonyl (C=O) groups is 1. The summed E-state index contributed by atoms with van der Waals surface area (Å²) in [4.78, 5) is 16.7. The van der Waals surface area contributed by atoms with E-state index in [0.29, 0.717) is 22.9 Å². The lowest BCUT2D eigenvalue weighted by atomic mass is 10.1. The van der Waals surface area contributed by atoms with Crippen molar-refractivity contribution in [3.8, 4) is 17.6 Å². The van der Waals surface area contributed by atoms with Crippen LogP contribution in [-0.2, 0) is 4.74 Å². The number of allylic oxidation sites excluding steroid dienone is 1. The van der Waals surface area contributed by atoms with Crippen LogP contribution in [0.4, 0.5) is 0 Å². The molecule has 1 saturated heterocycles. The zero-order chi connectivity index (χ0) is 35.6. The van der Waals surface area contributed by atoms with Gasteiger partial charge in [0.15, 0.2) is 5.78 Å². The van der Waals surface area contributed by atoms with Gasteiger partial charge >= 0.3 is 0 Å². The van der Waals surface area contributed by atoms with Crippen LogP contribution in [0.2, 0.25) is 0 Å². The second kappa shape index (κ2) is 25.5. The van der Waals surface area contributed by atoms with E-state index >= 15 is 0 Å². The number of hydrogen-bond acceptors (Lipinski definition) is 11. The Kier molecular flexibility index (Phi) is 23.0. The maximum atomic E-state index is 11.0. The average Bonchev–Trinajstić information content (AvgIpc) is 3.05. The third kappa shape index (κ3) is 18.8. The first-order chi connectivity index (χ1) is 22.5. The molecule has 47 heavy (non-hydrogen) atoms. The van der Waals surface area contributed by atoms with Gasteiger partial charge in [-0.3, -0.25) is 4.79 Å². The van der Waals surface area contributed by atoms with Crippen LogP contribution in [0.5, 0.6) is 11.5 Å². The molecule has 0 radical (unpaired) electrons. The van der Waals surface area contributed by atoms with Crippen LogP contribution in [0, 0.1) is 23.8 Å². The molecule has 0 saturated carbocycles. The average molecular weight is 668 g/mol. The van der Waals surface area contributed by atoms with Gasteiger partial charge in [0.05, 0.1) is 21.5 Å². The fourth-order valence-corrected chi connectivity index (χ4v) is 4.08. The highest BCUT2D eigenvalue weighted by atomic mass is 31.1. The minimum atomic E-state index is 0.0840. The normalized spacial score (nSPS) is 12.9. The molecule has 2 aromatic rings. The number of ether oxygens (including phenoxy) is 2. The van der Waals surface area contributed by atoms with Gasteiger partial charge < -0.3 is 36.1 Å². The van der Waals surface area contributed by atoms with E-state index in [1.165, 1.54) is 18.8 Å².